The van der Waals surface area contributed by atoms with Crippen LogP contribution < -0.4 is 10.2 Å². The summed E-state index contributed by atoms with van der Waals surface area (Å²) in [6.45, 7) is 11.0. The molecule has 1 saturated heterocycles. The van der Waals surface area contributed by atoms with Gasteiger partial charge in [0.25, 0.3) is 11.8 Å². The largest absolute Gasteiger partial charge is 0.448 e. The Morgan fingerprint density at radius 3 is 1.89 bits per heavy atom. The maximum absolute atomic E-state index is 13.5. The van der Waals surface area contributed by atoms with E-state index in [1.165, 1.54) is 17.7 Å². The van der Waals surface area contributed by atoms with Crippen molar-refractivity contribution >= 4 is 36.2 Å². The second kappa shape index (κ2) is 20.3. The van der Waals surface area contributed by atoms with E-state index in [0.29, 0.717) is 25.2 Å². The number of piperidine rings is 1. The molecular weight excluding hydrogens is 588 g/mol. The predicted molar refractivity (Wildman–Crippen MR) is 175 cm³/mol. The second-order valence-corrected chi connectivity index (χ2v) is 10.8. The molecule has 2 aromatic rings. The minimum atomic E-state index is -1.62. The summed E-state index contributed by atoms with van der Waals surface area (Å²) in [5.74, 6) is -2.69. The molecule has 2 aliphatic heterocycles. The molecule has 1 N–H and O–H groups in total. The Hall–Kier alpha value is -4.72. The lowest BCUT2D eigenvalue weighted by atomic mass is 9.95. The van der Waals surface area contributed by atoms with Gasteiger partial charge < -0.3 is 29.4 Å². The van der Waals surface area contributed by atoms with Crippen LogP contribution in [0.4, 0.5) is 5.69 Å². The zero-order valence-corrected chi connectivity index (χ0v) is 26.6. The molecule has 0 unspecified atom stereocenters. The third kappa shape index (κ3) is 11.3. The van der Waals surface area contributed by atoms with Gasteiger partial charge in [-0.3, -0.25) is 19.2 Å². The van der Waals surface area contributed by atoms with E-state index in [4.69, 9.17) is 14.3 Å². The van der Waals surface area contributed by atoms with Crippen molar-refractivity contribution in [2.75, 3.05) is 24.5 Å². The van der Waals surface area contributed by atoms with E-state index in [0.717, 1.165) is 56.6 Å². The first-order chi connectivity index (χ1) is 21.7. The van der Waals surface area contributed by atoms with Crippen LogP contribution in [0.5, 0.6) is 0 Å². The average Bonchev–Trinajstić information content (AvgIpc) is 3.50. The normalized spacial score (nSPS) is 14.7. The molecule has 250 valence electrons. The minimum absolute atomic E-state index is 0. The fourth-order valence-corrected chi connectivity index (χ4v) is 5.09. The van der Waals surface area contributed by atoms with Gasteiger partial charge in [-0.1, -0.05) is 70.5 Å². The van der Waals surface area contributed by atoms with Gasteiger partial charge in [0.1, 0.15) is 12.9 Å². The van der Waals surface area contributed by atoms with Crippen molar-refractivity contribution < 1.29 is 33.4 Å². The van der Waals surface area contributed by atoms with Crippen LogP contribution in [0.3, 0.4) is 0 Å². The number of para-hydroxylation sites is 1. The highest BCUT2D eigenvalue weighted by Crippen LogP contribution is 2.27. The topological polar surface area (TPSA) is 146 Å². The zero-order valence-electron chi connectivity index (χ0n) is 26.6. The molecule has 0 radical (unpaired) electrons. The summed E-state index contributed by atoms with van der Waals surface area (Å²) in [5.41, 5.74) is 3.44. The van der Waals surface area contributed by atoms with E-state index in [1.54, 1.807) is 6.07 Å². The third-order valence-electron chi connectivity index (χ3n) is 7.56. The summed E-state index contributed by atoms with van der Waals surface area (Å²) >= 11 is 0. The number of nitrogens with zero attached hydrogens (tertiary/aromatic N) is 3. The number of hydrogen-bond acceptors (Lipinski definition) is 9. The molecule has 0 aromatic heterocycles. The maximum Gasteiger partial charge on any atom is 0.303 e. The van der Waals surface area contributed by atoms with E-state index in [1.807, 2.05) is 49.3 Å². The Bertz CT molecular complexity index is 1310. The molecule has 2 amide bonds. The van der Waals surface area contributed by atoms with Gasteiger partial charge in [0, 0.05) is 46.6 Å². The third-order valence-corrected chi connectivity index (χ3v) is 7.56. The number of benzene rings is 2. The first kappa shape index (κ1) is 39.3. The summed E-state index contributed by atoms with van der Waals surface area (Å²) < 4.78 is 10.5. The van der Waals surface area contributed by atoms with E-state index in [-0.39, 0.29) is 13.3 Å². The number of carbonyl (C=O) groups is 5. The average molecular weight is 637 g/mol. The Balaban J connectivity index is 0.00000140. The molecule has 0 spiro atoms. The summed E-state index contributed by atoms with van der Waals surface area (Å²) in [5, 5.41) is 12.2. The van der Waals surface area contributed by atoms with Crippen LogP contribution >= 0.6 is 0 Å². The summed E-state index contributed by atoms with van der Waals surface area (Å²) in [7, 11) is 0. The lowest BCUT2D eigenvalue weighted by molar-refractivity contribution is -0.178. The number of esters is 2. The van der Waals surface area contributed by atoms with Gasteiger partial charge >= 0.3 is 11.9 Å². The van der Waals surface area contributed by atoms with Crippen LogP contribution in [-0.4, -0.2) is 67.3 Å². The second-order valence-electron chi connectivity index (χ2n) is 10.8. The van der Waals surface area contributed by atoms with E-state index < -0.39 is 36.0 Å². The smallest absolute Gasteiger partial charge is 0.303 e. The van der Waals surface area contributed by atoms with E-state index in [9.17, 15) is 24.4 Å². The predicted octanol–water partition coefficient (Wildman–Crippen LogP) is 4.55. The monoisotopic (exact) mass is 636 g/mol. The van der Waals surface area contributed by atoms with Gasteiger partial charge in [-0.05, 0) is 42.0 Å². The van der Waals surface area contributed by atoms with Crippen molar-refractivity contribution in [2.45, 2.75) is 86.1 Å². The number of nitriles is 1. The van der Waals surface area contributed by atoms with Crippen molar-refractivity contribution in [1.29, 1.82) is 5.26 Å². The van der Waals surface area contributed by atoms with E-state index >= 15 is 0 Å². The highest BCUT2D eigenvalue weighted by atomic mass is 16.6. The van der Waals surface area contributed by atoms with Crippen LogP contribution in [-0.2, 0) is 46.5 Å². The molecule has 0 aliphatic carbocycles. The lowest BCUT2D eigenvalue weighted by Crippen LogP contribution is -2.54. The molecule has 11 nitrogen and oxygen atoms in total. The van der Waals surface area contributed by atoms with Crippen molar-refractivity contribution in [2.24, 2.45) is 5.92 Å². The molecule has 11 heteroatoms. The highest BCUT2D eigenvalue weighted by Gasteiger charge is 2.42. The number of unbranched alkanes of at least 4 members (excludes halogenated alkanes) is 1. The summed E-state index contributed by atoms with van der Waals surface area (Å²) in [6.07, 6.45) is 0.961. The number of fused-ring (bicyclic) bond motifs is 1. The standard InChI is InChI=1S/C29H32N4O6.C4H10.CH2O.CH4/c1-19(34)38-26(27(39-20(2)35)29(37)33-17-23-8-3-4-9-24(23)18-33)28(36)31-16-21-11-13-32(14-12-21)25-10-6-5-7-22(25)15-30;1-3-4-2;1-2;/h3-10,21,26-27H,11-14,16-18H2,1-2H3,(H,31,36);3-4H2,1-2H3;1H2;1H4/t26-,27-;;;/m1.../s1. The maximum atomic E-state index is 13.5. The van der Waals surface area contributed by atoms with Gasteiger partial charge in [0.05, 0.1) is 11.3 Å². The molecule has 0 saturated carbocycles. The summed E-state index contributed by atoms with van der Waals surface area (Å²) in [6, 6.07) is 17.2. The number of ether oxygens (including phenoxy) is 2. The molecule has 1 fully saturated rings. The van der Waals surface area contributed by atoms with E-state index in [2.05, 4.69) is 30.1 Å². The minimum Gasteiger partial charge on any atom is -0.448 e. The van der Waals surface area contributed by atoms with Gasteiger partial charge in [-0.15, -0.1) is 0 Å². The summed E-state index contributed by atoms with van der Waals surface area (Å²) in [4.78, 5) is 62.2. The zero-order chi connectivity index (χ0) is 33.4. The fourth-order valence-electron chi connectivity index (χ4n) is 5.09. The number of carbonyl (C=O) groups excluding carboxylic acids is 5. The molecule has 4 rings (SSSR count). The van der Waals surface area contributed by atoms with Gasteiger partial charge in [-0.2, -0.15) is 5.26 Å². The molecule has 0 bridgehead atoms. The lowest BCUT2D eigenvalue weighted by Gasteiger charge is -2.34. The quantitative estimate of drug-likeness (QED) is 0.392. The molecule has 2 heterocycles. The molecular formula is C35H48N4O7. The van der Waals surface area contributed by atoms with Crippen LogP contribution in [0.25, 0.3) is 0 Å². The Kier molecular flexibility index (Phi) is 17.4. The van der Waals surface area contributed by atoms with Gasteiger partial charge in [-0.25, -0.2) is 0 Å². The van der Waals surface area contributed by atoms with Crippen LogP contribution in [0.2, 0.25) is 0 Å². The number of amides is 2. The molecule has 2 aromatic carbocycles. The Morgan fingerprint density at radius 1 is 0.891 bits per heavy atom. The number of rotatable bonds is 9. The Labute approximate surface area is 272 Å². The number of anilines is 1. The van der Waals surface area contributed by atoms with Gasteiger partial charge in [0.15, 0.2) is 0 Å². The van der Waals surface area contributed by atoms with Crippen molar-refractivity contribution in [1.82, 2.24) is 10.2 Å². The molecule has 2 aliphatic rings. The van der Waals surface area contributed by atoms with Crippen LogP contribution in [0.15, 0.2) is 48.5 Å². The van der Waals surface area contributed by atoms with Crippen LogP contribution in [0.1, 0.15) is 77.5 Å². The van der Waals surface area contributed by atoms with Crippen molar-refractivity contribution in [3.63, 3.8) is 0 Å². The van der Waals surface area contributed by atoms with Gasteiger partial charge in [0.2, 0.25) is 12.2 Å². The van der Waals surface area contributed by atoms with Crippen molar-refractivity contribution in [3.8, 4) is 6.07 Å². The molecule has 2 atom stereocenters. The Morgan fingerprint density at radius 2 is 1.39 bits per heavy atom. The first-order valence-corrected chi connectivity index (χ1v) is 15.2. The first-order valence-electron chi connectivity index (χ1n) is 15.2. The van der Waals surface area contributed by atoms with Crippen LogP contribution in [0, 0.1) is 17.2 Å². The highest BCUT2D eigenvalue weighted by molar-refractivity contribution is 5.93. The fraction of sp³-hybridized carbons (Fsp3) is 0.486. The van der Waals surface area contributed by atoms with Crippen molar-refractivity contribution in [3.05, 3.63) is 65.2 Å². The number of nitrogens with one attached hydrogen (secondary N) is 1. The number of hydrogen-bond donors (Lipinski definition) is 1. The SMILES string of the molecule is C.C=O.CC(=O)O[C@@H](C(=O)NCC1CCN(c2ccccc2C#N)CC1)[C@@H](OC(C)=O)C(=O)N1Cc2ccccc2C1.CCCC. The molecule has 46 heavy (non-hydrogen) atoms.